The molecule has 0 amide bonds. The molecule has 0 aliphatic rings. The van der Waals surface area contributed by atoms with E-state index in [-0.39, 0.29) is 0 Å². The van der Waals surface area contributed by atoms with Crippen LogP contribution in [0.4, 0.5) is 0 Å². The smallest absolute Gasteiger partial charge is 0.0104 e. The van der Waals surface area contributed by atoms with Crippen LogP contribution in [0.15, 0.2) is 53.4 Å². The van der Waals surface area contributed by atoms with Crippen molar-refractivity contribution >= 4 is 11.8 Å². The Hall–Kier alpha value is -1.21. The molecule has 0 saturated carbocycles. The summed E-state index contributed by atoms with van der Waals surface area (Å²) in [5.41, 5.74) is 3.93. The van der Waals surface area contributed by atoms with Crippen molar-refractivity contribution in [1.82, 2.24) is 0 Å². The maximum absolute atomic E-state index is 2.26. The molecular formula is C14H14S. The highest BCUT2D eigenvalue weighted by molar-refractivity contribution is 7.98. The number of benzene rings is 2. The summed E-state index contributed by atoms with van der Waals surface area (Å²) in [6.45, 7) is 2.15. The Labute approximate surface area is 95.3 Å². The fraction of sp³-hybridized carbons (Fsp3) is 0.143. The van der Waals surface area contributed by atoms with Gasteiger partial charge in [0.15, 0.2) is 0 Å². The molecule has 0 radical (unpaired) electrons. The van der Waals surface area contributed by atoms with Gasteiger partial charge in [0.05, 0.1) is 0 Å². The summed E-state index contributed by atoms with van der Waals surface area (Å²) in [4.78, 5) is 1.36. The fourth-order valence-electron chi connectivity index (χ4n) is 1.63. The Bertz CT molecular complexity index is 446. The molecule has 0 atom stereocenters. The van der Waals surface area contributed by atoms with Gasteiger partial charge in [0.25, 0.3) is 0 Å². The van der Waals surface area contributed by atoms with Crippen LogP contribution in [0, 0.1) is 6.92 Å². The molecule has 0 nitrogen and oxygen atoms in total. The third kappa shape index (κ3) is 2.24. The fourth-order valence-corrected chi connectivity index (χ4v) is 2.27. The van der Waals surface area contributed by atoms with Crippen molar-refractivity contribution in [1.29, 1.82) is 0 Å². The van der Waals surface area contributed by atoms with E-state index in [1.165, 1.54) is 21.6 Å². The van der Waals surface area contributed by atoms with E-state index in [4.69, 9.17) is 0 Å². The van der Waals surface area contributed by atoms with Gasteiger partial charge in [-0.25, -0.2) is 0 Å². The molecule has 1 heteroatoms. The zero-order valence-corrected chi connectivity index (χ0v) is 9.84. The lowest BCUT2D eigenvalue weighted by atomic mass is 10.0. The van der Waals surface area contributed by atoms with Gasteiger partial charge in [0.1, 0.15) is 0 Å². The van der Waals surface area contributed by atoms with Crippen LogP contribution in [0.5, 0.6) is 0 Å². The van der Waals surface area contributed by atoms with E-state index in [2.05, 4.69) is 55.6 Å². The molecule has 0 N–H and O–H groups in total. The number of aryl methyl sites for hydroxylation is 1. The zero-order chi connectivity index (χ0) is 10.7. The van der Waals surface area contributed by atoms with E-state index in [0.29, 0.717) is 0 Å². The lowest BCUT2D eigenvalue weighted by Crippen LogP contribution is -1.82. The van der Waals surface area contributed by atoms with Crippen molar-refractivity contribution in [2.75, 3.05) is 6.26 Å². The number of hydrogen-bond acceptors (Lipinski definition) is 1. The topological polar surface area (TPSA) is 0 Å². The first-order chi connectivity index (χ1) is 7.31. The first kappa shape index (κ1) is 10.3. The van der Waals surface area contributed by atoms with Gasteiger partial charge in [-0.2, -0.15) is 0 Å². The second-order valence-electron chi connectivity index (χ2n) is 3.55. The average molecular weight is 214 g/mol. The molecule has 15 heavy (non-hydrogen) atoms. The van der Waals surface area contributed by atoms with Crippen LogP contribution < -0.4 is 0 Å². The molecule has 76 valence electrons. The second-order valence-corrected chi connectivity index (χ2v) is 4.40. The summed E-state index contributed by atoms with van der Waals surface area (Å²) in [6.07, 6.45) is 2.12. The van der Waals surface area contributed by atoms with Crippen LogP contribution in [-0.4, -0.2) is 6.26 Å². The summed E-state index contributed by atoms with van der Waals surface area (Å²) >= 11 is 1.80. The predicted molar refractivity (Wildman–Crippen MR) is 68.4 cm³/mol. The van der Waals surface area contributed by atoms with Crippen molar-refractivity contribution in [3.05, 3.63) is 54.1 Å². The zero-order valence-electron chi connectivity index (χ0n) is 9.03. The van der Waals surface area contributed by atoms with Gasteiger partial charge in [-0.15, -0.1) is 11.8 Å². The lowest BCUT2D eigenvalue weighted by Gasteiger charge is -2.06. The minimum Gasteiger partial charge on any atom is -0.129 e. The third-order valence-corrected chi connectivity index (χ3v) is 3.39. The maximum Gasteiger partial charge on any atom is 0.0104 e. The molecule has 0 aliphatic carbocycles. The minimum absolute atomic E-state index is 1.28. The average Bonchev–Trinajstić information content (AvgIpc) is 2.31. The first-order valence-corrected chi connectivity index (χ1v) is 6.24. The molecule has 0 aliphatic heterocycles. The molecule has 2 aromatic rings. The summed E-state index contributed by atoms with van der Waals surface area (Å²) < 4.78 is 0. The highest BCUT2D eigenvalue weighted by atomic mass is 32.2. The van der Waals surface area contributed by atoms with Gasteiger partial charge in [0.2, 0.25) is 0 Å². The van der Waals surface area contributed by atoms with Crippen molar-refractivity contribution in [3.8, 4) is 11.1 Å². The van der Waals surface area contributed by atoms with E-state index < -0.39 is 0 Å². The Morgan fingerprint density at radius 3 is 2.27 bits per heavy atom. The Morgan fingerprint density at radius 1 is 0.867 bits per heavy atom. The van der Waals surface area contributed by atoms with E-state index in [9.17, 15) is 0 Å². The molecule has 0 unspecified atom stereocenters. The quantitative estimate of drug-likeness (QED) is 0.668. The highest BCUT2D eigenvalue weighted by Gasteiger charge is 2.00. The first-order valence-electron chi connectivity index (χ1n) is 5.01. The van der Waals surface area contributed by atoms with E-state index in [1.807, 2.05) is 6.07 Å². The summed E-state index contributed by atoms with van der Waals surface area (Å²) in [6, 6.07) is 17.1. The van der Waals surface area contributed by atoms with Crippen LogP contribution in [0.2, 0.25) is 0 Å². The molecule has 0 saturated heterocycles. The third-order valence-electron chi connectivity index (χ3n) is 2.52. The summed E-state index contributed by atoms with van der Waals surface area (Å²) in [5, 5.41) is 0. The Morgan fingerprint density at radius 2 is 1.60 bits per heavy atom. The Kier molecular flexibility index (Phi) is 3.12. The highest BCUT2D eigenvalue weighted by Crippen LogP contribution is 2.26. The predicted octanol–water partition coefficient (Wildman–Crippen LogP) is 4.38. The molecule has 0 aromatic heterocycles. The van der Waals surface area contributed by atoms with Gasteiger partial charge in [-0.05, 0) is 35.9 Å². The van der Waals surface area contributed by atoms with Crippen molar-refractivity contribution in [3.63, 3.8) is 0 Å². The molecular weight excluding hydrogens is 200 g/mol. The normalized spacial score (nSPS) is 10.3. The molecule has 0 heterocycles. The SMILES string of the molecule is CSc1cc(-c2ccccc2)ccc1C. The molecule has 0 bridgehead atoms. The van der Waals surface area contributed by atoms with Crippen molar-refractivity contribution < 1.29 is 0 Å². The van der Waals surface area contributed by atoms with Crippen molar-refractivity contribution in [2.45, 2.75) is 11.8 Å². The molecule has 2 aromatic carbocycles. The van der Waals surface area contributed by atoms with Gasteiger partial charge >= 0.3 is 0 Å². The van der Waals surface area contributed by atoms with E-state index >= 15 is 0 Å². The number of rotatable bonds is 2. The summed E-state index contributed by atoms with van der Waals surface area (Å²) in [5.74, 6) is 0. The van der Waals surface area contributed by atoms with E-state index in [0.717, 1.165) is 0 Å². The van der Waals surface area contributed by atoms with Crippen LogP contribution in [-0.2, 0) is 0 Å². The van der Waals surface area contributed by atoms with Crippen LogP contribution in [0.3, 0.4) is 0 Å². The largest absolute Gasteiger partial charge is 0.129 e. The maximum atomic E-state index is 2.26. The monoisotopic (exact) mass is 214 g/mol. The van der Waals surface area contributed by atoms with Gasteiger partial charge in [-0.3, -0.25) is 0 Å². The van der Waals surface area contributed by atoms with E-state index in [1.54, 1.807) is 11.8 Å². The molecule has 2 rings (SSSR count). The van der Waals surface area contributed by atoms with Gasteiger partial charge in [0, 0.05) is 4.90 Å². The lowest BCUT2D eigenvalue weighted by molar-refractivity contribution is 1.31. The standard InChI is InChI=1S/C14H14S/c1-11-8-9-13(10-14(11)15-2)12-6-4-3-5-7-12/h3-10H,1-2H3. The van der Waals surface area contributed by atoms with Crippen LogP contribution >= 0.6 is 11.8 Å². The van der Waals surface area contributed by atoms with Crippen LogP contribution in [0.1, 0.15) is 5.56 Å². The number of hydrogen-bond donors (Lipinski definition) is 0. The van der Waals surface area contributed by atoms with Crippen LogP contribution in [0.25, 0.3) is 11.1 Å². The number of thioether (sulfide) groups is 1. The second kappa shape index (κ2) is 4.54. The molecule has 0 fully saturated rings. The summed E-state index contributed by atoms with van der Waals surface area (Å²) in [7, 11) is 0. The molecule has 0 spiro atoms. The Balaban J connectivity index is 2.46. The van der Waals surface area contributed by atoms with Gasteiger partial charge < -0.3 is 0 Å². The minimum atomic E-state index is 1.28. The van der Waals surface area contributed by atoms with Crippen molar-refractivity contribution in [2.24, 2.45) is 0 Å². The van der Waals surface area contributed by atoms with Gasteiger partial charge in [-0.1, -0.05) is 42.5 Å².